The fraction of sp³-hybridized carbons (Fsp3) is 0.263. The molecule has 138 valence electrons. The van der Waals surface area contributed by atoms with Crippen LogP contribution in [0.2, 0.25) is 0 Å². The van der Waals surface area contributed by atoms with Crippen LogP contribution in [0.5, 0.6) is 0 Å². The number of rotatable bonds is 7. The maximum absolute atomic E-state index is 12.6. The Hall–Kier alpha value is -2.51. The third-order valence-corrected chi connectivity index (χ3v) is 5.80. The molecule has 0 aliphatic carbocycles. The van der Waals surface area contributed by atoms with E-state index in [0.29, 0.717) is 24.2 Å². The van der Waals surface area contributed by atoms with Gasteiger partial charge in [0.1, 0.15) is 0 Å². The first-order valence-electron chi connectivity index (χ1n) is 8.14. The molecule has 0 fully saturated rings. The smallest absolute Gasteiger partial charge is 0.242 e. The van der Waals surface area contributed by atoms with Crippen LogP contribution in [0.3, 0.4) is 0 Å². The SMILES string of the molecule is CC(=O)Nc1cccc(CCN(C)S(=O)(=O)c2ccc(C(C)=O)cc2)c1. The van der Waals surface area contributed by atoms with E-state index in [1.165, 1.54) is 49.5 Å². The van der Waals surface area contributed by atoms with E-state index < -0.39 is 10.0 Å². The molecule has 0 atom stereocenters. The average molecular weight is 374 g/mol. The number of nitrogens with zero attached hydrogens (tertiary/aromatic N) is 1. The van der Waals surface area contributed by atoms with E-state index in [-0.39, 0.29) is 16.6 Å². The van der Waals surface area contributed by atoms with Crippen LogP contribution in [0.15, 0.2) is 53.4 Å². The number of carbonyl (C=O) groups excluding carboxylic acids is 2. The molecule has 0 bridgehead atoms. The molecule has 0 unspecified atom stereocenters. The summed E-state index contributed by atoms with van der Waals surface area (Å²) in [5.41, 5.74) is 2.08. The highest BCUT2D eigenvalue weighted by atomic mass is 32.2. The lowest BCUT2D eigenvalue weighted by Crippen LogP contribution is -2.29. The molecular formula is C19H22N2O4S. The van der Waals surface area contributed by atoms with Gasteiger partial charge < -0.3 is 5.32 Å². The Bertz CT molecular complexity index is 905. The fourth-order valence-corrected chi connectivity index (χ4v) is 3.63. The molecule has 0 saturated heterocycles. The Morgan fingerprint density at radius 1 is 1.04 bits per heavy atom. The Labute approximate surface area is 153 Å². The monoisotopic (exact) mass is 374 g/mol. The minimum absolute atomic E-state index is 0.110. The molecule has 7 heteroatoms. The lowest BCUT2D eigenvalue weighted by molar-refractivity contribution is -0.114. The van der Waals surface area contributed by atoms with Gasteiger partial charge in [-0.2, -0.15) is 0 Å². The normalized spacial score (nSPS) is 11.4. The van der Waals surface area contributed by atoms with E-state index in [2.05, 4.69) is 5.32 Å². The maximum Gasteiger partial charge on any atom is 0.242 e. The summed E-state index contributed by atoms with van der Waals surface area (Å²) in [5, 5.41) is 2.70. The van der Waals surface area contributed by atoms with Crippen LogP contribution in [0.1, 0.15) is 29.8 Å². The highest BCUT2D eigenvalue weighted by Crippen LogP contribution is 2.17. The largest absolute Gasteiger partial charge is 0.326 e. The second-order valence-electron chi connectivity index (χ2n) is 6.04. The van der Waals surface area contributed by atoms with Crippen LogP contribution >= 0.6 is 0 Å². The highest BCUT2D eigenvalue weighted by Gasteiger charge is 2.20. The average Bonchev–Trinajstić information content (AvgIpc) is 2.59. The predicted octanol–water partition coefficient (Wildman–Crippen LogP) is 2.71. The van der Waals surface area contributed by atoms with Crippen LogP contribution in [0.4, 0.5) is 5.69 Å². The second kappa shape index (κ2) is 8.25. The molecule has 2 aromatic carbocycles. The lowest BCUT2D eigenvalue weighted by Gasteiger charge is -2.17. The van der Waals surface area contributed by atoms with E-state index in [9.17, 15) is 18.0 Å². The molecule has 1 amide bonds. The molecule has 1 N–H and O–H groups in total. The van der Waals surface area contributed by atoms with E-state index in [1.54, 1.807) is 6.07 Å². The van der Waals surface area contributed by atoms with E-state index in [1.807, 2.05) is 18.2 Å². The molecule has 0 saturated carbocycles. The molecular weight excluding hydrogens is 352 g/mol. The van der Waals surface area contributed by atoms with Crippen LogP contribution in [0.25, 0.3) is 0 Å². The summed E-state index contributed by atoms with van der Waals surface area (Å²) in [7, 11) is -2.11. The van der Waals surface area contributed by atoms with Gasteiger partial charge in [0.15, 0.2) is 5.78 Å². The molecule has 0 heterocycles. The molecule has 0 radical (unpaired) electrons. The second-order valence-corrected chi connectivity index (χ2v) is 8.08. The number of nitrogens with one attached hydrogen (secondary N) is 1. The number of hydrogen-bond acceptors (Lipinski definition) is 4. The Kier molecular flexibility index (Phi) is 6.28. The number of amides is 1. The number of benzene rings is 2. The molecule has 2 aromatic rings. The fourth-order valence-electron chi connectivity index (χ4n) is 2.46. The van der Waals surface area contributed by atoms with Gasteiger partial charge in [0.2, 0.25) is 15.9 Å². The van der Waals surface area contributed by atoms with Crippen molar-refractivity contribution in [2.75, 3.05) is 18.9 Å². The van der Waals surface area contributed by atoms with Gasteiger partial charge in [0.25, 0.3) is 0 Å². The molecule has 2 rings (SSSR count). The summed E-state index contributed by atoms with van der Waals surface area (Å²) in [6.07, 6.45) is 0.509. The Morgan fingerprint density at radius 3 is 2.27 bits per heavy atom. The number of sulfonamides is 1. The summed E-state index contributed by atoms with van der Waals surface area (Å²) in [4.78, 5) is 22.6. The van der Waals surface area contributed by atoms with Crippen molar-refractivity contribution in [2.24, 2.45) is 0 Å². The number of ketones is 1. The highest BCUT2D eigenvalue weighted by molar-refractivity contribution is 7.89. The summed E-state index contributed by atoms with van der Waals surface area (Å²) in [6, 6.07) is 13.2. The first-order valence-corrected chi connectivity index (χ1v) is 9.58. The van der Waals surface area contributed by atoms with Gasteiger partial charge in [-0.3, -0.25) is 9.59 Å². The molecule has 0 spiro atoms. The van der Waals surface area contributed by atoms with Gasteiger partial charge >= 0.3 is 0 Å². The number of Topliss-reactive ketones (excluding diaryl/α,β-unsaturated/α-hetero) is 1. The first kappa shape index (κ1) is 19.8. The van der Waals surface area contributed by atoms with Gasteiger partial charge in [0.05, 0.1) is 4.90 Å². The molecule has 0 aromatic heterocycles. The minimum atomic E-state index is -3.63. The zero-order chi connectivity index (χ0) is 19.3. The lowest BCUT2D eigenvalue weighted by atomic mass is 10.1. The summed E-state index contributed by atoms with van der Waals surface area (Å²) >= 11 is 0. The zero-order valence-corrected chi connectivity index (χ0v) is 15.8. The third kappa shape index (κ3) is 5.00. The quantitative estimate of drug-likeness (QED) is 0.755. The Balaban J connectivity index is 2.07. The number of carbonyl (C=O) groups is 2. The van der Waals surface area contributed by atoms with Gasteiger partial charge in [-0.25, -0.2) is 12.7 Å². The molecule has 0 aliphatic rings. The van der Waals surface area contributed by atoms with Crippen molar-refractivity contribution >= 4 is 27.4 Å². The van der Waals surface area contributed by atoms with Crippen molar-refractivity contribution in [2.45, 2.75) is 25.2 Å². The van der Waals surface area contributed by atoms with Gasteiger partial charge in [-0.1, -0.05) is 24.3 Å². The number of likely N-dealkylation sites (N-methyl/N-ethyl adjacent to an activating group) is 1. The van der Waals surface area contributed by atoms with Crippen molar-refractivity contribution in [3.8, 4) is 0 Å². The molecule has 26 heavy (non-hydrogen) atoms. The van der Waals surface area contributed by atoms with Gasteiger partial charge in [-0.05, 0) is 43.2 Å². The number of hydrogen-bond donors (Lipinski definition) is 1. The van der Waals surface area contributed by atoms with Crippen molar-refractivity contribution in [1.82, 2.24) is 4.31 Å². The van der Waals surface area contributed by atoms with Crippen molar-refractivity contribution < 1.29 is 18.0 Å². The summed E-state index contributed by atoms with van der Waals surface area (Å²) in [5.74, 6) is -0.266. The van der Waals surface area contributed by atoms with E-state index in [0.717, 1.165) is 5.56 Å². The maximum atomic E-state index is 12.6. The summed E-state index contributed by atoms with van der Waals surface area (Å²) in [6.45, 7) is 3.16. The van der Waals surface area contributed by atoms with Gasteiger partial charge in [-0.15, -0.1) is 0 Å². The van der Waals surface area contributed by atoms with Gasteiger partial charge in [0, 0.05) is 31.8 Å². The van der Waals surface area contributed by atoms with Crippen molar-refractivity contribution in [3.05, 3.63) is 59.7 Å². The minimum Gasteiger partial charge on any atom is -0.326 e. The van der Waals surface area contributed by atoms with Crippen LogP contribution in [-0.4, -0.2) is 38.0 Å². The van der Waals surface area contributed by atoms with E-state index in [4.69, 9.17) is 0 Å². The van der Waals surface area contributed by atoms with Crippen molar-refractivity contribution in [1.29, 1.82) is 0 Å². The zero-order valence-electron chi connectivity index (χ0n) is 15.0. The summed E-state index contributed by atoms with van der Waals surface area (Å²) < 4.78 is 26.5. The Morgan fingerprint density at radius 2 is 1.69 bits per heavy atom. The number of anilines is 1. The standard InChI is InChI=1S/C19H22N2O4S/c1-14(22)17-7-9-19(10-8-17)26(24,25)21(3)12-11-16-5-4-6-18(13-16)20-15(2)23/h4-10,13H,11-12H2,1-3H3,(H,20,23). The van der Waals surface area contributed by atoms with E-state index >= 15 is 0 Å². The van der Waals surface area contributed by atoms with Crippen LogP contribution in [-0.2, 0) is 21.2 Å². The molecule has 0 aliphatic heterocycles. The third-order valence-electron chi connectivity index (χ3n) is 3.93. The first-order chi connectivity index (χ1) is 12.2. The predicted molar refractivity (Wildman–Crippen MR) is 101 cm³/mol. The topological polar surface area (TPSA) is 83.6 Å². The molecule has 6 nitrogen and oxygen atoms in total. The van der Waals surface area contributed by atoms with Crippen LogP contribution < -0.4 is 5.32 Å². The van der Waals surface area contributed by atoms with Crippen molar-refractivity contribution in [3.63, 3.8) is 0 Å². The van der Waals surface area contributed by atoms with Crippen LogP contribution in [0, 0.1) is 0 Å².